The van der Waals surface area contributed by atoms with E-state index in [9.17, 15) is 19.2 Å². The second-order valence-corrected chi connectivity index (χ2v) is 11.4. The number of ether oxygens (including phenoxy) is 2. The fourth-order valence-corrected chi connectivity index (χ4v) is 5.59. The van der Waals surface area contributed by atoms with E-state index >= 15 is 0 Å². The largest absolute Gasteiger partial charge is 0.457 e. The van der Waals surface area contributed by atoms with Gasteiger partial charge in [0, 0.05) is 12.5 Å². The Balaban J connectivity index is 0.00000221. The summed E-state index contributed by atoms with van der Waals surface area (Å²) in [5.41, 5.74) is 3.38. The van der Waals surface area contributed by atoms with E-state index in [1.165, 1.54) is 19.2 Å². The molecule has 0 aliphatic carbocycles. The van der Waals surface area contributed by atoms with Crippen molar-refractivity contribution in [1.82, 2.24) is 9.80 Å². The summed E-state index contributed by atoms with van der Waals surface area (Å²) >= 11 is 0. The quantitative estimate of drug-likeness (QED) is 0.134. The van der Waals surface area contributed by atoms with E-state index in [0.717, 1.165) is 20.9 Å². The average Bonchev–Trinajstić information content (AvgIpc) is 3.47. The zero-order valence-electron chi connectivity index (χ0n) is 27.6. The van der Waals surface area contributed by atoms with Crippen molar-refractivity contribution in [2.45, 2.75) is 33.1 Å². The standard InChI is InChI=1S/C38H30N2O6.C2H6/c1-6-8-25(7-2)40-36(43)31-20-18-29(22-33(31)37(40)44)46-27-15-11-24(12-16-27)38(3,4)23-9-13-26(14-10-23)45-28-17-19-30-32(21-28)35(42)39(5)34(30)41;1-2/h6-22H,1-2H2,3-5H3;1-2H3/b25-8+;. The number of rotatable bonds is 9. The lowest BCUT2D eigenvalue weighted by molar-refractivity contribution is 0.0683. The number of carbonyl (C=O) groups is 4. The van der Waals surface area contributed by atoms with E-state index in [-0.39, 0.29) is 22.8 Å². The molecule has 8 nitrogen and oxygen atoms in total. The molecule has 0 spiro atoms. The van der Waals surface area contributed by atoms with Crippen LogP contribution in [0.2, 0.25) is 0 Å². The van der Waals surface area contributed by atoms with Crippen LogP contribution in [0.4, 0.5) is 0 Å². The number of hydrogen-bond donors (Lipinski definition) is 0. The zero-order valence-corrected chi connectivity index (χ0v) is 27.6. The van der Waals surface area contributed by atoms with Gasteiger partial charge in [0.05, 0.1) is 28.0 Å². The molecule has 0 unspecified atom stereocenters. The number of benzene rings is 4. The molecular formula is C40H36N2O6. The van der Waals surface area contributed by atoms with Crippen molar-refractivity contribution in [2.75, 3.05) is 7.05 Å². The monoisotopic (exact) mass is 640 g/mol. The first-order valence-corrected chi connectivity index (χ1v) is 15.5. The number of carbonyl (C=O) groups excluding carboxylic acids is 4. The minimum atomic E-state index is -0.446. The molecule has 4 aromatic rings. The van der Waals surface area contributed by atoms with Crippen LogP contribution in [0.1, 0.15) is 80.3 Å². The van der Waals surface area contributed by atoms with Gasteiger partial charge in [-0.15, -0.1) is 0 Å². The topological polar surface area (TPSA) is 93.2 Å². The molecule has 2 heterocycles. The molecule has 0 fully saturated rings. The van der Waals surface area contributed by atoms with Crippen LogP contribution in [-0.2, 0) is 5.41 Å². The second-order valence-electron chi connectivity index (χ2n) is 11.4. The summed E-state index contributed by atoms with van der Waals surface area (Å²) in [6, 6.07) is 25.1. The second kappa shape index (κ2) is 13.4. The predicted octanol–water partition coefficient (Wildman–Crippen LogP) is 8.70. The summed E-state index contributed by atoms with van der Waals surface area (Å²) in [5, 5.41) is 0. The van der Waals surface area contributed by atoms with Crippen LogP contribution in [-0.4, -0.2) is 40.5 Å². The lowest BCUT2D eigenvalue weighted by Crippen LogP contribution is -2.28. The maximum absolute atomic E-state index is 13.1. The Labute approximate surface area is 280 Å². The van der Waals surface area contributed by atoms with Gasteiger partial charge in [-0.2, -0.15) is 0 Å². The molecule has 8 heteroatoms. The lowest BCUT2D eigenvalue weighted by atomic mass is 9.78. The highest BCUT2D eigenvalue weighted by Gasteiger charge is 2.37. The Morgan fingerprint density at radius 2 is 1.00 bits per heavy atom. The molecule has 0 radical (unpaired) electrons. The van der Waals surface area contributed by atoms with Crippen molar-refractivity contribution >= 4 is 23.6 Å². The molecule has 0 aromatic heterocycles. The van der Waals surface area contributed by atoms with Gasteiger partial charge in [-0.05, 0) is 83.9 Å². The first-order valence-electron chi connectivity index (χ1n) is 15.5. The Morgan fingerprint density at radius 3 is 1.46 bits per heavy atom. The van der Waals surface area contributed by atoms with E-state index in [1.54, 1.807) is 42.5 Å². The SMILES string of the molecule is C=C/C=C(\C=C)N1C(=O)c2ccc(Oc3ccc(C(C)(C)c4ccc(Oc5ccc6c(c5)C(=O)N(C)C6=O)cc4)cc3)cc2C1=O.CC. The van der Waals surface area contributed by atoms with Crippen LogP contribution < -0.4 is 9.47 Å². The summed E-state index contributed by atoms with van der Waals surface area (Å²) in [7, 11) is 1.46. The van der Waals surface area contributed by atoms with Crippen molar-refractivity contribution in [1.29, 1.82) is 0 Å². The Hall–Kier alpha value is -6.02. The maximum Gasteiger partial charge on any atom is 0.266 e. The third-order valence-electron chi connectivity index (χ3n) is 8.30. The Kier molecular flexibility index (Phi) is 9.29. The molecule has 0 N–H and O–H groups in total. The number of hydrogen-bond acceptors (Lipinski definition) is 6. The van der Waals surface area contributed by atoms with Gasteiger partial charge in [0.15, 0.2) is 0 Å². The first-order chi connectivity index (χ1) is 23.0. The number of nitrogens with zero attached hydrogens (tertiary/aromatic N) is 2. The molecule has 4 aromatic carbocycles. The summed E-state index contributed by atoms with van der Waals surface area (Å²) in [4.78, 5) is 52.6. The molecule has 242 valence electrons. The highest BCUT2D eigenvalue weighted by Crippen LogP contribution is 2.36. The van der Waals surface area contributed by atoms with Gasteiger partial charge < -0.3 is 9.47 Å². The van der Waals surface area contributed by atoms with E-state index < -0.39 is 11.8 Å². The van der Waals surface area contributed by atoms with Crippen molar-refractivity contribution < 1.29 is 28.7 Å². The van der Waals surface area contributed by atoms with E-state index in [2.05, 4.69) is 27.0 Å². The van der Waals surface area contributed by atoms with Crippen LogP contribution in [0.5, 0.6) is 23.0 Å². The smallest absolute Gasteiger partial charge is 0.266 e. The molecule has 2 aliphatic rings. The zero-order chi connectivity index (χ0) is 34.7. The summed E-state index contributed by atoms with van der Waals surface area (Å²) < 4.78 is 12.0. The van der Waals surface area contributed by atoms with Crippen LogP contribution in [0.15, 0.2) is 122 Å². The van der Waals surface area contributed by atoms with Gasteiger partial charge in [-0.1, -0.05) is 71.2 Å². The van der Waals surface area contributed by atoms with E-state index in [1.807, 2.05) is 62.4 Å². The molecule has 0 bridgehead atoms. The molecule has 0 saturated carbocycles. The van der Waals surface area contributed by atoms with Crippen molar-refractivity contribution in [2.24, 2.45) is 0 Å². The fourth-order valence-electron chi connectivity index (χ4n) is 5.59. The van der Waals surface area contributed by atoms with Gasteiger partial charge >= 0.3 is 0 Å². The summed E-state index contributed by atoms with van der Waals surface area (Å²) in [5.74, 6) is 0.560. The van der Waals surface area contributed by atoms with Gasteiger partial charge in [-0.3, -0.25) is 24.1 Å². The van der Waals surface area contributed by atoms with Gasteiger partial charge in [0.25, 0.3) is 23.6 Å². The summed E-state index contributed by atoms with van der Waals surface area (Å²) in [6.45, 7) is 15.6. The van der Waals surface area contributed by atoms with Gasteiger partial charge in [-0.25, -0.2) is 4.90 Å². The Bertz CT molecular complexity index is 1990. The normalized spacial score (nSPS) is 13.9. The molecule has 0 saturated heterocycles. The minimum absolute atomic E-state index is 0.261. The summed E-state index contributed by atoms with van der Waals surface area (Å²) in [6.07, 6.45) is 4.49. The van der Waals surface area contributed by atoms with Crippen LogP contribution in [0, 0.1) is 0 Å². The molecule has 6 rings (SSSR count). The average molecular weight is 641 g/mol. The molecule has 2 aliphatic heterocycles. The van der Waals surface area contributed by atoms with Crippen LogP contribution in [0.25, 0.3) is 0 Å². The van der Waals surface area contributed by atoms with Crippen molar-refractivity contribution in [3.8, 4) is 23.0 Å². The number of allylic oxidation sites excluding steroid dienone is 3. The van der Waals surface area contributed by atoms with Crippen LogP contribution in [0.3, 0.4) is 0 Å². The lowest BCUT2D eigenvalue weighted by Gasteiger charge is -2.26. The molecular weight excluding hydrogens is 604 g/mol. The van der Waals surface area contributed by atoms with Crippen molar-refractivity contribution in [3.63, 3.8) is 0 Å². The Morgan fingerprint density at radius 1 is 0.604 bits per heavy atom. The van der Waals surface area contributed by atoms with E-state index in [4.69, 9.17) is 9.47 Å². The molecule has 0 atom stereocenters. The van der Waals surface area contributed by atoms with Crippen molar-refractivity contribution in [3.05, 3.63) is 155 Å². The highest BCUT2D eigenvalue weighted by molar-refractivity contribution is 6.23. The maximum atomic E-state index is 13.1. The third kappa shape index (κ3) is 5.96. The van der Waals surface area contributed by atoms with Gasteiger partial charge in [0.2, 0.25) is 0 Å². The van der Waals surface area contributed by atoms with E-state index in [0.29, 0.717) is 45.4 Å². The number of imide groups is 2. The first kappa shape index (κ1) is 33.3. The number of fused-ring (bicyclic) bond motifs is 2. The molecule has 48 heavy (non-hydrogen) atoms. The van der Waals surface area contributed by atoms with Crippen LogP contribution >= 0.6 is 0 Å². The number of amides is 4. The predicted molar refractivity (Wildman–Crippen MR) is 185 cm³/mol. The fraction of sp³-hybridized carbons (Fsp3) is 0.150. The molecule has 4 amide bonds. The highest BCUT2D eigenvalue weighted by atomic mass is 16.5. The van der Waals surface area contributed by atoms with Gasteiger partial charge in [0.1, 0.15) is 23.0 Å². The third-order valence-corrected chi connectivity index (χ3v) is 8.30. The minimum Gasteiger partial charge on any atom is -0.457 e.